The number of hydrogen-bond donors (Lipinski definition) is 0. The van der Waals surface area contributed by atoms with Gasteiger partial charge in [-0.15, -0.1) is 0 Å². The van der Waals surface area contributed by atoms with Crippen molar-refractivity contribution in [1.29, 1.82) is 0 Å². The Morgan fingerprint density at radius 2 is 1.93 bits per heavy atom. The van der Waals surface area contributed by atoms with E-state index in [2.05, 4.69) is 17.3 Å². The summed E-state index contributed by atoms with van der Waals surface area (Å²) in [4.78, 5) is 4.02. The number of benzene rings is 1. The van der Waals surface area contributed by atoms with Crippen LogP contribution >= 0.6 is 0 Å². The van der Waals surface area contributed by atoms with Gasteiger partial charge >= 0.3 is 5.90 Å². The zero-order chi connectivity index (χ0) is 10.6. The summed E-state index contributed by atoms with van der Waals surface area (Å²) in [5.41, 5.74) is 5.49. The molecule has 0 saturated heterocycles. The molecule has 0 unspecified atom stereocenters. The lowest BCUT2D eigenvalue weighted by molar-refractivity contribution is 0.549. The fraction of sp³-hybridized carbons (Fsp3) is 0.167. The van der Waals surface area contributed by atoms with Crippen LogP contribution in [-0.2, 0) is 0 Å². The molecule has 0 aliphatic rings. The second-order valence-electron chi connectivity index (χ2n) is 3.09. The number of rotatable bonds is 2. The Labute approximate surface area is 83.9 Å². The molecule has 2 N–H and O–H groups in total. The zero-order valence-electron chi connectivity index (χ0n) is 8.46. The van der Waals surface area contributed by atoms with E-state index in [1.54, 1.807) is 6.92 Å². The summed E-state index contributed by atoms with van der Waals surface area (Å²) in [6, 6.07) is 7.91. The van der Waals surface area contributed by atoms with Gasteiger partial charge in [0.25, 0.3) is 0 Å². The van der Waals surface area contributed by atoms with Crippen molar-refractivity contribution in [2.24, 2.45) is 4.99 Å². The molecule has 14 heavy (non-hydrogen) atoms. The SMILES string of the molecule is C=C=C(N=C(C)[OH2+])c1ccc(C)cc1. The molecule has 0 aliphatic carbocycles. The minimum absolute atomic E-state index is 0.261. The van der Waals surface area contributed by atoms with E-state index < -0.39 is 0 Å². The zero-order valence-corrected chi connectivity index (χ0v) is 8.46. The fourth-order valence-corrected chi connectivity index (χ4v) is 1.09. The van der Waals surface area contributed by atoms with Crippen molar-refractivity contribution in [1.82, 2.24) is 0 Å². The quantitative estimate of drug-likeness (QED) is 0.295. The van der Waals surface area contributed by atoms with Gasteiger partial charge in [-0.25, -0.2) is 0 Å². The first kappa shape index (κ1) is 10.3. The highest BCUT2D eigenvalue weighted by molar-refractivity contribution is 5.80. The Balaban J connectivity index is 3.10. The Kier molecular flexibility index (Phi) is 3.27. The third-order valence-corrected chi connectivity index (χ3v) is 1.77. The monoisotopic (exact) mass is 188 g/mol. The number of nitrogens with zero attached hydrogens (tertiary/aromatic N) is 1. The number of aryl methyl sites for hydroxylation is 1. The highest BCUT2D eigenvalue weighted by Gasteiger charge is 2.00. The highest BCUT2D eigenvalue weighted by Crippen LogP contribution is 2.15. The molecule has 2 heteroatoms. The topological polar surface area (TPSA) is 35.3 Å². The van der Waals surface area contributed by atoms with Gasteiger partial charge in [0.2, 0.25) is 0 Å². The van der Waals surface area contributed by atoms with Crippen LogP contribution in [0.25, 0.3) is 5.70 Å². The molecule has 1 rings (SSSR count). The van der Waals surface area contributed by atoms with Crippen LogP contribution in [0.1, 0.15) is 18.1 Å². The number of aliphatic imine (C=N–C) groups is 1. The maximum Gasteiger partial charge on any atom is 0.328 e. The standard InChI is InChI=1S/C12H13NO/c1-4-12(13-10(3)14)11-7-5-9(2)6-8-11/h5-8H,1H2,2-3H3,(H,13,14)/p+1. The third-order valence-electron chi connectivity index (χ3n) is 1.77. The van der Waals surface area contributed by atoms with Crippen molar-refractivity contribution >= 4 is 11.6 Å². The molecule has 0 amide bonds. The molecule has 0 atom stereocenters. The van der Waals surface area contributed by atoms with Gasteiger partial charge in [0.1, 0.15) is 5.70 Å². The summed E-state index contributed by atoms with van der Waals surface area (Å²) in [5.74, 6) is 0.261. The van der Waals surface area contributed by atoms with E-state index >= 15 is 0 Å². The molecule has 1 aromatic carbocycles. The predicted octanol–water partition coefficient (Wildman–Crippen LogP) is 2.26. The van der Waals surface area contributed by atoms with Crippen LogP contribution in [0.2, 0.25) is 0 Å². The molecule has 0 fully saturated rings. The van der Waals surface area contributed by atoms with Crippen LogP contribution in [0.5, 0.6) is 0 Å². The molecule has 72 valence electrons. The normalized spacial score (nSPS) is 10.9. The Morgan fingerprint density at radius 1 is 1.36 bits per heavy atom. The van der Waals surface area contributed by atoms with Crippen LogP contribution < -0.4 is 0 Å². The average Bonchev–Trinajstić information content (AvgIpc) is 2.15. The Morgan fingerprint density at radius 3 is 2.36 bits per heavy atom. The first-order valence-corrected chi connectivity index (χ1v) is 4.37. The first-order valence-electron chi connectivity index (χ1n) is 4.37. The van der Waals surface area contributed by atoms with Gasteiger partial charge in [-0.2, -0.15) is 4.99 Å². The van der Waals surface area contributed by atoms with Crippen LogP contribution in [0.15, 0.2) is 41.6 Å². The van der Waals surface area contributed by atoms with E-state index in [0.29, 0.717) is 5.70 Å². The second-order valence-corrected chi connectivity index (χ2v) is 3.09. The summed E-state index contributed by atoms with van der Waals surface area (Å²) in [5, 5.41) is 7.26. The lowest BCUT2D eigenvalue weighted by atomic mass is 10.1. The molecular weight excluding hydrogens is 174 g/mol. The van der Waals surface area contributed by atoms with Crippen LogP contribution in [0.4, 0.5) is 0 Å². The summed E-state index contributed by atoms with van der Waals surface area (Å²) in [7, 11) is 0. The lowest BCUT2D eigenvalue weighted by Gasteiger charge is -1.98. The highest BCUT2D eigenvalue weighted by atomic mass is 16.3. The molecule has 0 spiro atoms. The van der Waals surface area contributed by atoms with Gasteiger partial charge in [0.05, 0.1) is 6.92 Å². The molecule has 0 aliphatic heterocycles. The van der Waals surface area contributed by atoms with E-state index in [1.165, 1.54) is 5.56 Å². The summed E-state index contributed by atoms with van der Waals surface area (Å²) in [6.07, 6.45) is 0. The molecule has 0 radical (unpaired) electrons. The Bertz CT molecular complexity index is 391. The van der Waals surface area contributed by atoms with E-state index in [-0.39, 0.29) is 5.90 Å². The lowest BCUT2D eigenvalue weighted by Crippen LogP contribution is -1.88. The van der Waals surface area contributed by atoms with Crippen molar-refractivity contribution in [2.75, 3.05) is 0 Å². The molecular formula is C12H14NO+. The van der Waals surface area contributed by atoms with Crippen molar-refractivity contribution in [3.05, 3.63) is 47.7 Å². The summed E-state index contributed by atoms with van der Waals surface area (Å²) >= 11 is 0. The maximum absolute atomic E-state index is 7.26. The molecule has 1 aromatic rings. The van der Waals surface area contributed by atoms with Gasteiger partial charge < -0.3 is 5.11 Å². The van der Waals surface area contributed by atoms with Gasteiger partial charge in [0.15, 0.2) is 0 Å². The maximum atomic E-state index is 7.26. The van der Waals surface area contributed by atoms with E-state index in [1.807, 2.05) is 31.2 Å². The smallest absolute Gasteiger partial charge is 0.328 e. The van der Waals surface area contributed by atoms with E-state index in [0.717, 1.165) is 5.56 Å². The summed E-state index contributed by atoms with van der Waals surface area (Å²) in [6.45, 7) is 7.22. The molecule has 0 aromatic heterocycles. The van der Waals surface area contributed by atoms with Crippen molar-refractivity contribution < 1.29 is 5.11 Å². The molecule has 0 saturated carbocycles. The van der Waals surface area contributed by atoms with Crippen molar-refractivity contribution in [2.45, 2.75) is 13.8 Å². The summed E-state index contributed by atoms with van der Waals surface area (Å²) < 4.78 is 0. The third kappa shape index (κ3) is 2.61. The fourth-order valence-electron chi connectivity index (χ4n) is 1.09. The Hall–Kier alpha value is -1.79. The minimum atomic E-state index is 0.261. The molecule has 2 nitrogen and oxygen atoms in total. The first-order chi connectivity index (χ1) is 6.63. The second kappa shape index (κ2) is 4.45. The largest absolute Gasteiger partial charge is 0.582 e. The number of hydrogen-bond acceptors (Lipinski definition) is 1. The predicted molar refractivity (Wildman–Crippen MR) is 60.4 cm³/mol. The van der Waals surface area contributed by atoms with Gasteiger partial charge in [-0.3, -0.25) is 0 Å². The van der Waals surface area contributed by atoms with Crippen molar-refractivity contribution in [3.63, 3.8) is 0 Å². The van der Waals surface area contributed by atoms with E-state index in [4.69, 9.17) is 5.11 Å². The van der Waals surface area contributed by atoms with Gasteiger partial charge in [0, 0.05) is 5.56 Å². The minimum Gasteiger partial charge on any atom is -0.582 e. The van der Waals surface area contributed by atoms with Gasteiger partial charge in [-0.1, -0.05) is 42.1 Å². The van der Waals surface area contributed by atoms with Crippen LogP contribution in [0.3, 0.4) is 0 Å². The average molecular weight is 188 g/mol. The van der Waals surface area contributed by atoms with Crippen LogP contribution in [-0.4, -0.2) is 11.0 Å². The molecule has 0 bridgehead atoms. The molecule has 0 heterocycles. The van der Waals surface area contributed by atoms with Crippen molar-refractivity contribution in [3.8, 4) is 0 Å². The van der Waals surface area contributed by atoms with Crippen LogP contribution in [0, 0.1) is 6.92 Å². The van der Waals surface area contributed by atoms with E-state index in [9.17, 15) is 0 Å². The van der Waals surface area contributed by atoms with Gasteiger partial charge in [-0.05, 0) is 6.92 Å².